The van der Waals surface area contributed by atoms with E-state index in [1.54, 1.807) is 6.20 Å². The highest BCUT2D eigenvalue weighted by molar-refractivity contribution is 5.65. The van der Waals surface area contributed by atoms with E-state index in [1.165, 1.54) is 0 Å². The molecule has 7 heteroatoms. The first-order valence-corrected chi connectivity index (χ1v) is 5.84. The van der Waals surface area contributed by atoms with E-state index >= 15 is 0 Å². The predicted octanol–water partition coefficient (Wildman–Crippen LogP) is 3.00. The van der Waals surface area contributed by atoms with Gasteiger partial charge in [0.05, 0.1) is 17.6 Å². The average Bonchev–Trinajstić information content (AvgIpc) is 2.38. The van der Waals surface area contributed by atoms with Crippen molar-refractivity contribution in [2.75, 3.05) is 11.1 Å². The van der Waals surface area contributed by atoms with Crippen LogP contribution in [-0.2, 0) is 12.7 Å². The molecule has 0 amide bonds. The normalized spacial score (nSPS) is 11.4. The molecule has 0 spiro atoms. The first-order valence-electron chi connectivity index (χ1n) is 5.84. The lowest BCUT2D eigenvalue weighted by atomic mass is 10.2. The number of aromatic nitrogens is 2. The van der Waals surface area contributed by atoms with Gasteiger partial charge in [-0.2, -0.15) is 13.2 Å². The standard InChI is InChI=1S/C13H13F3N4/c1-8-2-3-9(5-18-8)6-19-11-4-12(13(14,15)16)20-7-10(11)17/h2-5,7H,6,17H2,1H3,(H,19,20). The fourth-order valence-corrected chi connectivity index (χ4v) is 1.57. The number of alkyl halides is 3. The lowest BCUT2D eigenvalue weighted by molar-refractivity contribution is -0.141. The number of hydrogen-bond donors (Lipinski definition) is 2. The van der Waals surface area contributed by atoms with Gasteiger partial charge >= 0.3 is 6.18 Å². The number of pyridine rings is 2. The molecule has 0 saturated heterocycles. The van der Waals surface area contributed by atoms with E-state index in [2.05, 4.69) is 15.3 Å². The minimum atomic E-state index is -4.49. The fraction of sp³-hybridized carbons (Fsp3) is 0.231. The Bertz CT molecular complexity index is 594. The predicted molar refractivity (Wildman–Crippen MR) is 70.0 cm³/mol. The summed E-state index contributed by atoms with van der Waals surface area (Å²) in [5.41, 5.74) is 6.72. The van der Waals surface area contributed by atoms with Crippen LogP contribution in [0.5, 0.6) is 0 Å². The summed E-state index contributed by atoms with van der Waals surface area (Å²) in [6.45, 7) is 2.19. The summed E-state index contributed by atoms with van der Waals surface area (Å²) in [5, 5.41) is 2.86. The van der Waals surface area contributed by atoms with E-state index in [-0.39, 0.29) is 11.4 Å². The lowest BCUT2D eigenvalue weighted by Crippen LogP contribution is -2.11. The topological polar surface area (TPSA) is 63.8 Å². The third kappa shape index (κ3) is 3.37. The maximum atomic E-state index is 12.6. The van der Waals surface area contributed by atoms with Gasteiger partial charge in [0.1, 0.15) is 5.69 Å². The van der Waals surface area contributed by atoms with E-state index in [9.17, 15) is 13.2 Å². The summed E-state index contributed by atoms with van der Waals surface area (Å²) in [6, 6.07) is 4.57. The summed E-state index contributed by atoms with van der Waals surface area (Å²) >= 11 is 0. The zero-order valence-electron chi connectivity index (χ0n) is 10.7. The zero-order valence-corrected chi connectivity index (χ0v) is 10.7. The van der Waals surface area contributed by atoms with Crippen molar-refractivity contribution >= 4 is 11.4 Å². The van der Waals surface area contributed by atoms with Gasteiger partial charge in [0.25, 0.3) is 0 Å². The highest BCUT2D eigenvalue weighted by Crippen LogP contribution is 2.31. The van der Waals surface area contributed by atoms with Gasteiger partial charge in [0.2, 0.25) is 0 Å². The summed E-state index contributed by atoms with van der Waals surface area (Å²) in [5.74, 6) is 0. The van der Waals surface area contributed by atoms with E-state index in [4.69, 9.17) is 5.73 Å². The zero-order chi connectivity index (χ0) is 14.8. The molecule has 0 aliphatic carbocycles. The molecule has 0 aliphatic heterocycles. The monoisotopic (exact) mass is 282 g/mol. The van der Waals surface area contributed by atoms with Gasteiger partial charge in [-0.05, 0) is 24.6 Å². The van der Waals surface area contributed by atoms with Crippen molar-refractivity contribution < 1.29 is 13.2 Å². The van der Waals surface area contributed by atoms with Crippen molar-refractivity contribution in [1.29, 1.82) is 0 Å². The van der Waals surface area contributed by atoms with Gasteiger partial charge < -0.3 is 11.1 Å². The molecule has 106 valence electrons. The molecule has 2 aromatic rings. The Morgan fingerprint density at radius 3 is 2.55 bits per heavy atom. The van der Waals surface area contributed by atoms with Crippen LogP contribution in [0.3, 0.4) is 0 Å². The molecular formula is C13H13F3N4. The number of nitrogens with one attached hydrogen (secondary N) is 1. The van der Waals surface area contributed by atoms with E-state index in [1.807, 2.05) is 19.1 Å². The van der Waals surface area contributed by atoms with Gasteiger partial charge in [-0.3, -0.25) is 4.98 Å². The van der Waals surface area contributed by atoms with E-state index in [0.717, 1.165) is 23.5 Å². The van der Waals surface area contributed by atoms with Gasteiger partial charge in [-0.25, -0.2) is 4.98 Å². The smallest absolute Gasteiger partial charge is 0.396 e. The van der Waals surface area contributed by atoms with Crippen LogP contribution in [0.4, 0.5) is 24.5 Å². The molecule has 2 heterocycles. The largest absolute Gasteiger partial charge is 0.433 e. The summed E-state index contributed by atoms with van der Waals surface area (Å²) in [4.78, 5) is 7.38. The molecule has 0 aromatic carbocycles. The molecule has 0 unspecified atom stereocenters. The van der Waals surface area contributed by atoms with Crippen LogP contribution in [0.15, 0.2) is 30.6 Å². The van der Waals surface area contributed by atoms with Crippen LogP contribution < -0.4 is 11.1 Å². The van der Waals surface area contributed by atoms with Crippen molar-refractivity contribution in [3.8, 4) is 0 Å². The molecule has 2 aromatic heterocycles. The number of nitrogens with two attached hydrogens (primary N) is 1. The average molecular weight is 282 g/mol. The minimum Gasteiger partial charge on any atom is -0.396 e. The highest BCUT2D eigenvalue weighted by atomic mass is 19.4. The first-order chi connectivity index (χ1) is 9.36. The van der Waals surface area contributed by atoms with Gasteiger partial charge in [0.15, 0.2) is 0 Å². The third-order valence-electron chi connectivity index (χ3n) is 2.68. The highest BCUT2D eigenvalue weighted by Gasteiger charge is 2.32. The Hall–Kier alpha value is -2.31. The van der Waals surface area contributed by atoms with Gasteiger partial charge in [-0.15, -0.1) is 0 Å². The van der Waals surface area contributed by atoms with Gasteiger partial charge in [-0.1, -0.05) is 6.07 Å². The Morgan fingerprint density at radius 1 is 1.20 bits per heavy atom. The van der Waals surface area contributed by atoms with Crippen molar-refractivity contribution in [3.63, 3.8) is 0 Å². The van der Waals surface area contributed by atoms with E-state index in [0.29, 0.717) is 6.54 Å². The quantitative estimate of drug-likeness (QED) is 0.908. The fourth-order valence-electron chi connectivity index (χ4n) is 1.57. The molecule has 2 rings (SSSR count). The number of anilines is 2. The van der Waals surface area contributed by atoms with Crippen molar-refractivity contribution in [2.24, 2.45) is 0 Å². The molecule has 20 heavy (non-hydrogen) atoms. The Morgan fingerprint density at radius 2 is 1.95 bits per heavy atom. The minimum absolute atomic E-state index is 0.165. The van der Waals surface area contributed by atoms with Crippen molar-refractivity contribution in [2.45, 2.75) is 19.6 Å². The Kier molecular flexibility index (Phi) is 3.78. The molecule has 0 radical (unpaired) electrons. The summed E-state index contributed by atoms with van der Waals surface area (Å²) in [7, 11) is 0. The number of nitrogens with zero attached hydrogens (tertiary/aromatic N) is 2. The third-order valence-corrected chi connectivity index (χ3v) is 2.68. The van der Waals surface area contributed by atoms with Crippen LogP contribution in [0.2, 0.25) is 0 Å². The van der Waals surface area contributed by atoms with Gasteiger partial charge in [0, 0.05) is 18.4 Å². The second-order valence-electron chi connectivity index (χ2n) is 4.32. The lowest BCUT2D eigenvalue weighted by Gasteiger charge is -2.12. The molecule has 0 bridgehead atoms. The molecule has 0 saturated carbocycles. The van der Waals surface area contributed by atoms with E-state index < -0.39 is 11.9 Å². The molecular weight excluding hydrogens is 269 g/mol. The number of hydrogen-bond acceptors (Lipinski definition) is 4. The number of halogens is 3. The van der Waals surface area contributed by atoms with Crippen LogP contribution in [-0.4, -0.2) is 9.97 Å². The number of aryl methyl sites for hydroxylation is 1. The van der Waals surface area contributed by atoms with Crippen molar-refractivity contribution in [3.05, 3.63) is 47.5 Å². The number of nitrogen functional groups attached to an aromatic ring is 1. The van der Waals surface area contributed by atoms with Crippen LogP contribution in [0.25, 0.3) is 0 Å². The Labute approximate surface area is 113 Å². The van der Waals surface area contributed by atoms with Crippen LogP contribution in [0, 0.1) is 6.92 Å². The Balaban J connectivity index is 2.14. The van der Waals surface area contributed by atoms with Crippen LogP contribution in [0.1, 0.15) is 17.0 Å². The molecule has 3 N–H and O–H groups in total. The molecule has 4 nitrogen and oxygen atoms in total. The molecule has 0 fully saturated rings. The second-order valence-corrected chi connectivity index (χ2v) is 4.32. The van der Waals surface area contributed by atoms with Crippen LogP contribution >= 0.6 is 0 Å². The molecule has 0 atom stereocenters. The van der Waals surface area contributed by atoms with Crippen molar-refractivity contribution in [1.82, 2.24) is 9.97 Å². The second kappa shape index (κ2) is 5.36. The molecule has 0 aliphatic rings. The maximum Gasteiger partial charge on any atom is 0.433 e. The SMILES string of the molecule is Cc1ccc(CNc2cc(C(F)(F)F)ncc2N)cn1. The maximum absolute atomic E-state index is 12.6. The first kappa shape index (κ1) is 14.1. The summed E-state index contributed by atoms with van der Waals surface area (Å²) < 4.78 is 37.7. The number of rotatable bonds is 3. The summed E-state index contributed by atoms with van der Waals surface area (Å²) in [6.07, 6.45) is -1.83.